The number of amides is 2. The van der Waals surface area contributed by atoms with Crippen molar-refractivity contribution in [3.63, 3.8) is 0 Å². The van der Waals surface area contributed by atoms with Gasteiger partial charge in [0.05, 0.1) is 28.9 Å². The Balaban J connectivity index is 1.35. The second kappa shape index (κ2) is 5.33. The maximum Gasteiger partial charge on any atom is 0.324 e. The maximum atomic E-state index is 12.8. The number of rotatable bonds is 3. The Morgan fingerprint density at radius 3 is 3.04 bits per heavy atom. The van der Waals surface area contributed by atoms with Gasteiger partial charge in [-0.25, -0.2) is 9.78 Å². The summed E-state index contributed by atoms with van der Waals surface area (Å²) in [7, 11) is 2.22. The number of carbonyl (C=O) groups is 1. The first kappa shape index (κ1) is 15.2. The molecule has 3 atom stereocenters. The van der Waals surface area contributed by atoms with Crippen LogP contribution in [0.1, 0.15) is 31.2 Å². The summed E-state index contributed by atoms with van der Waals surface area (Å²) < 4.78 is 6.81. The molecule has 2 aliphatic heterocycles. The van der Waals surface area contributed by atoms with Gasteiger partial charge in [0.2, 0.25) is 0 Å². The Bertz CT molecular complexity index is 908. The van der Waals surface area contributed by atoms with Crippen LogP contribution in [0.2, 0.25) is 0 Å². The van der Waals surface area contributed by atoms with Gasteiger partial charge < -0.3 is 10.1 Å². The van der Waals surface area contributed by atoms with E-state index in [1.54, 1.807) is 11.3 Å². The molecular weight excluding hydrogens is 348 g/mol. The highest BCUT2D eigenvalue weighted by Crippen LogP contribution is 2.42. The summed E-state index contributed by atoms with van der Waals surface area (Å²) in [4.78, 5) is 22.1. The lowest BCUT2D eigenvalue weighted by atomic mass is 10.1. The number of carbonyl (C=O) groups excluding carboxylic acids is 1. The monoisotopic (exact) mass is 370 g/mol. The van der Waals surface area contributed by atoms with Crippen LogP contribution in [-0.2, 0) is 6.42 Å². The number of urea groups is 1. The third-order valence-corrected chi connectivity index (χ3v) is 7.52. The molecule has 1 aromatic heterocycles. The van der Waals surface area contributed by atoms with Gasteiger partial charge in [0.25, 0.3) is 0 Å². The smallest absolute Gasteiger partial charge is 0.324 e. The van der Waals surface area contributed by atoms with Crippen molar-refractivity contribution < 1.29 is 9.53 Å². The summed E-state index contributed by atoms with van der Waals surface area (Å²) in [5, 5.41) is 4.10. The van der Waals surface area contributed by atoms with Gasteiger partial charge >= 0.3 is 6.03 Å². The molecule has 26 heavy (non-hydrogen) atoms. The molecular formula is C19H22N4O2S. The standard InChI is InChI=1S/C19H22N4O2S/c1-22(10-2-3-10)12-4-5-13-17(12)20-18(24)23(13)19-21-16-11-8-9-25-14(11)6-7-15(16)26-19/h6-7,10,12-13,17H,2-5,8-9H2,1H3,(H,20,24)/t12-,13+,17-/m0/s1. The van der Waals surface area contributed by atoms with Crippen molar-refractivity contribution in [2.24, 2.45) is 0 Å². The second-order valence-electron chi connectivity index (χ2n) is 7.94. The lowest BCUT2D eigenvalue weighted by Crippen LogP contribution is -2.47. The highest BCUT2D eigenvalue weighted by atomic mass is 32.1. The highest BCUT2D eigenvalue weighted by molar-refractivity contribution is 7.22. The number of hydrogen-bond acceptors (Lipinski definition) is 5. The summed E-state index contributed by atoms with van der Waals surface area (Å²) in [5.41, 5.74) is 2.21. The molecule has 7 heteroatoms. The minimum atomic E-state index is 0.0147. The zero-order valence-electron chi connectivity index (χ0n) is 14.8. The number of nitrogens with one attached hydrogen (secondary N) is 1. The van der Waals surface area contributed by atoms with Crippen molar-refractivity contribution in [3.05, 3.63) is 17.7 Å². The van der Waals surface area contributed by atoms with Gasteiger partial charge in [0.15, 0.2) is 5.13 Å². The molecule has 2 amide bonds. The van der Waals surface area contributed by atoms with Crippen molar-refractivity contribution in [1.82, 2.24) is 15.2 Å². The number of nitrogens with zero attached hydrogens (tertiary/aromatic N) is 3. The summed E-state index contributed by atoms with van der Waals surface area (Å²) in [6, 6.07) is 5.73. The molecule has 4 aliphatic rings. The molecule has 6 rings (SSSR count). The predicted molar refractivity (Wildman–Crippen MR) is 101 cm³/mol. The molecule has 3 heterocycles. The van der Waals surface area contributed by atoms with Crippen LogP contribution in [0, 0.1) is 0 Å². The SMILES string of the molecule is CN(C1CC1)[C@H]1CC[C@@H]2[C@H]1NC(=O)N2c1nc2c3c(ccc2s1)OCC3. The molecule has 1 aromatic carbocycles. The molecule has 136 valence electrons. The van der Waals surface area contributed by atoms with Crippen molar-refractivity contribution in [2.45, 2.75) is 56.3 Å². The van der Waals surface area contributed by atoms with Gasteiger partial charge in [0.1, 0.15) is 5.75 Å². The number of ether oxygens (including phenoxy) is 1. The fraction of sp³-hybridized carbons (Fsp3) is 0.579. The average Bonchev–Trinajstić information content (AvgIpc) is 2.97. The summed E-state index contributed by atoms with van der Waals surface area (Å²) in [5.74, 6) is 0.949. The topological polar surface area (TPSA) is 57.7 Å². The van der Waals surface area contributed by atoms with Crippen LogP contribution in [0.5, 0.6) is 5.75 Å². The van der Waals surface area contributed by atoms with E-state index in [1.807, 2.05) is 11.0 Å². The quantitative estimate of drug-likeness (QED) is 0.903. The van der Waals surface area contributed by atoms with E-state index in [-0.39, 0.29) is 18.1 Å². The number of aromatic nitrogens is 1. The number of fused-ring (bicyclic) bond motifs is 4. The molecule has 2 aliphatic carbocycles. The lowest BCUT2D eigenvalue weighted by Gasteiger charge is -2.28. The van der Waals surface area contributed by atoms with E-state index in [2.05, 4.69) is 23.3 Å². The fourth-order valence-corrected chi connectivity index (χ4v) is 6.05. The molecule has 3 fully saturated rings. The van der Waals surface area contributed by atoms with E-state index < -0.39 is 0 Å². The van der Waals surface area contributed by atoms with Crippen LogP contribution in [-0.4, -0.2) is 53.7 Å². The largest absolute Gasteiger partial charge is 0.493 e. The normalized spacial score (nSPS) is 30.0. The first-order valence-electron chi connectivity index (χ1n) is 9.57. The summed E-state index contributed by atoms with van der Waals surface area (Å²) in [6.07, 6.45) is 5.69. The molecule has 1 N–H and O–H groups in total. The third kappa shape index (κ3) is 2.07. The van der Waals surface area contributed by atoms with Gasteiger partial charge in [-0.2, -0.15) is 0 Å². The fourth-order valence-electron chi connectivity index (χ4n) is 5.00. The predicted octanol–water partition coefficient (Wildman–Crippen LogP) is 2.75. The van der Waals surface area contributed by atoms with Gasteiger partial charge in [-0.15, -0.1) is 0 Å². The van der Waals surface area contributed by atoms with Gasteiger partial charge in [-0.1, -0.05) is 11.3 Å². The van der Waals surface area contributed by atoms with E-state index in [1.165, 1.54) is 18.4 Å². The maximum absolute atomic E-state index is 12.8. The zero-order valence-corrected chi connectivity index (χ0v) is 15.6. The molecule has 2 aromatic rings. The highest BCUT2D eigenvalue weighted by Gasteiger charge is 2.51. The molecule has 0 radical (unpaired) electrons. The Morgan fingerprint density at radius 1 is 1.31 bits per heavy atom. The molecule has 2 saturated carbocycles. The van der Waals surface area contributed by atoms with Crippen LogP contribution in [0.15, 0.2) is 12.1 Å². The van der Waals surface area contributed by atoms with E-state index in [0.717, 1.165) is 53.0 Å². The van der Waals surface area contributed by atoms with E-state index in [9.17, 15) is 4.79 Å². The number of anilines is 1. The van der Waals surface area contributed by atoms with E-state index in [0.29, 0.717) is 6.04 Å². The first-order chi connectivity index (χ1) is 12.7. The Kier molecular flexibility index (Phi) is 3.12. The average molecular weight is 370 g/mol. The Morgan fingerprint density at radius 2 is 2.19 bits per heavy atom. The van der Waals surface area contributed by atoms with Crippen LogP contribution >= 0.6 is 11.3 Å². The van der Waals surface area contributed by atoms with Gasteiger partial charge in [-0.3, -0.25) is 9.80 Å². The van der Waals surface area contributed by atoms with Crippen LogP contribution in [0.4, 0.5) is 9.93 Å². The number of thiazole rings is 1. The minimum Gasteiger partial charge on any atom is -0.493 e. The van der Waals surface area contributed by atoms with Crippen molar-refractivity contribution in [1.29, 1.82) is 0 Å². The van der Waals surface area contributed by atoms with E-state index >= 15 is 0 Å². The number of hydrogen-bond donors (Lipinski definition) is 1. The zero-order chi connectivity index (χ0) is 17.4. The second-order valence-corrected chi connectivity index (χ2v) is 8.95. The molecule has 0 unspecified atom stereocenters. The summed E-state index contributed by atoms with van der Waals surface area (Å²) in [6.45, 7) is 0.728. The van der Waals surface area contributed by atoms with Crippen LogP contribution in [0.3, 0.4) is 0 Å². The Hall–Kier alpha value is -1.86. The van der Waals surface area contributed by atoms with Crippen molar-refractivity contribution in [3.8, 4) is 5.75 Å². The number of benzene rings is 1. The first-order valence-corrected chi connectivity index (χ1v) is 10.4. The Labute approximate surface area is 156 Å². The van der Waals surface area contributed by atoms with Crippen LogP contribution < -0.4 is 15.0 Å². The molecule has 0 bridgehead atoms. The molecule has 0 spiro atoms. The minimum absolute atomic E-state index is 0.0147. The third-order valence-electron chi connectivity index (χ3n) is 6.50. The van der Waals surface area contributed by atoms with Gasteiger partial charge in [-0.05, 0) is 44.9 Å². The van der Waals surface area contributed by atoms with Crippen molar-refractivity contribution >= 4 is 32.7 Å². The molecule has 6 nitrogen and oxygen atoms in total. The number of likely N-dealkylation sites (N-methyl/N-ethyl adjacent to an activating group) is 1. The van der Waals surface area contributed by atoms with Crippen molar-refractivity contribution in [2.75, 3.05) is 18.6 Å². The van der Waals surface area contributed by atoms with Gasteiger partial charge in [0, 0.05) is 24.1 Å². The molecule has 1 saturated heterocycles. The summed E-state index contributed by atoms with van der Waals surface area (Å²) >= 11 is 1.63. The lowest BCUT2D eigenvalue weighted by molar-refractivity contribution is 0.206. The van der Waals surface area contributed by atoms with Crippen LogP contribution in [0.25, 0.3) is 10.2 Å². The van der Waals surface area contributed by atoms with E-state index in [4.69, 9.17) is 9.72 Å².